The van der Waals surface area contributed by atoms with Crippen molar-refractivity contribution in [1.82, 2.24) is 4.90 Å². The molecule has 1 saturated heterocycles. The summed E-state index contributed by atoms with van der Waals surface area (Å²) in [5.41, 5.74) is -0.846. The van der Waals surface area contributed by atoms with Crippen LogP contribution in [0.25, 0.3) is 0 Å². The summed E-state index contributed by atoms with van der Waals surface area (Å²) < 4.78 is 18.2. The molecule has 0 aromatic heterocycles. The maximum Gasteiger partial charge on any atom is 0.308 e. The number of imide groups is 1. The van der Waals surface area contributed by atoms with E-state index in [9.17, 15) is 33.7 Å². The topological polar surface area (TPSA) is 136 Å². The molecule has 1 atom stereocenters. The smallest absolute Gasteiger partial charge is 0.308 e. The number of nitrogens with one attached hydrogen (secondary N) is 1. The van der Waals surface area contributed by atoms with Crippen LogP contribution < -0.4 is 5.32 Å². The van der Waals surface area contributed by atoms with Crippen molar-refractivity contribution in [2.45, 2.75) is 32.3 Å². The van der Waals surface area contributed by atoms with Crippen molar-refractivity contribution in [2.75, 3.05) is 11.9 Å². The molecule has 0 bridgehead atoms. The van der Waals surface area contributed by atoms with Gasteiger partial charge in [0.15, 0.2) is 6.10 Å². The van der Waals surface area contributed by atoms with Gasteiger partial charge in [-0.25, -0.2) is 0 Å². The third kappa shape index (κ3) is 5.06. The van der Waals surface area contributed by atoms with Crippen LogP contribution >= 0.6 is 0 Å². The molecule has 10 nitrogen and oxygen atoms in total. The number of nitro groups is 1. The predicted octanol–water partition coefficient (Wildman–Crippen LogP) is 1.14. The van der Waals surface area contributed by atoms with Gasteiger partial charge in [0, 0.05) is 31.1 Å². The van der Waals surface area contributed by atoms with Gasteiger partial charge in [-0.2, -0.15) is 4.39 Å². The summed E-state index contributed by atoms with van der Waals surface area (Å²) in [6, 6.07) is 2.79. The van der Waals surface area contributed by atoms with Crippen molar-refractivity contribution in [3.8, 4) is 0 Å². The van der Waals surface area contributed by atoms with Crippen molar-refractivity contribution in [3.05, 3.63) is 34.1 Å². The summed E-state index contributed by atoms with van der Waals surface area (Å²) in [5, 5.41) is 13.0. The monoisotopic (exact) mass is 381 g/mol. The molecule has 0 radical (unpaired) electrons. The van der Waals surface area contributed by atoms with E-state index >= 15 is 0 Å². The van der Waals surface area contributed by atoms with Crippen LogP contribution in [0.1, 0.15) is 26.2 Å². The Labute approximate surface area is 152 Å². The third-order valence-corrected chi connectivity index (χ3v) is 3.78. The Morgan fingerprint density at radius 2 is 1.96 bits per heavy atom. The fourth-order valence-electron chi connectivity index (χ4n) is 2.36. The molecule has 1 heterocycles. The molecule has 3 amide bonds. The Kier molecular flexibility index (Phi) is 6.16. The molecule has 1 unspecified atom stereocenters. The SMILES string of the molecule is CC(OC(=O)CCN1C(=O)CCC1=O)C(=O)Nc1ccc(F)c([N+](=O)[O-])c1. The van der Waals surface area contributed by atoms with E-state index in [0.29, 0.717) is 0 Å². The molecular weight excluding hydrogens is 365 g/mol. The summed E-state index contributed by atoms with van der Waals surface area (Å²) >= 11 is 0. The summed E-state index contributed by atoms with van der Waals surface area (Å²) in [5.74, 6) is -3.36. The molecule has 0 aliphatic carbocycles. The van der Waals surface area contributed by atoms with Gasteiger partial charge in [-0.3, -0.25) is 34.2 Å². The highest BCUT2D eigenvalue weighted by Gasteiger charge is 2.29. The number of carbonyl (C=O) groups excluding carboxylic acids is 4. The molecule has 1 N–H and O–H groups in total. The Hall–Kier alpha value is -3.37. The second kappa shape index (κ2) is 8.34. The quantitative estimate of drug-likeness (QED) is 0.324. The number of anilines is 1. The lowest BCUT2D eigenvalue weighted by atomic mass is 10.2. The zero-order chi connectivity index (χ0) is 20.1. The second-order valence-electron chi connectivity index (χ2n) is 5.73. The minimum atomic E-state index is -1.24. The Bertz CT molecular complexity index is 795. The van der Waals surface area contributed by atoms with Crippen LogP contribution in [0, 0.1) is 15.9 Å². The van der Waals surface area contributed by atoms with E-state index in [1.54, 1.807) is 0 Å². The first-order chi connectivity index (χ1) is 12.7. The number of nitrogens with zero attached hydrogens (tertiary/aromatic N) is 2. The van der Waals surface area contributed by atoms with Crippen LogP contribution in [-0.4, -0.2) is 46.2 Å². The van der Waals surface area contributed by atoms with E-state index in [-0.39, 0.29) is 43.3 Å². The van der Waals surface area contributed by atoms with E-state index in [4.69, 9.17) is 4.74 Å². The van der Waals surface area contributed by atoms with Gasteiger partial charge < -0.3 is 10.1 Å². The second-order valence-corrected chi connectivity index (χ2v) is 5.73. The Morgan fingerprint density at radius 1 is 1.33 bits per heavy atom. The summed E-state index contributed by atoms with van der Waals surface area (Å²) in [6.45, 7) is 1.15. The molecular formula is C16H16FN3O7. The normalized spacial score (nSPS) is 14.8. The predicted molar refractivity (Wildman–Crippen MR) is 87.8 cm³/mol. The maximum atomic E-state index is 13.3. The van der Waals surface area contributed by atoms with Gasteiger partial charge in [0.25, 0.3) is 5.91 Å². The number of esters is 1. The molecule has 1 fully saturated rings. The van der Waals surface area contributed by atoms with Gasteiger partial charge in [0.05, 0.1) is 11.3 Å². The lowest BCUT2D eigenvalue weighted by molar-refractivity contribution is -0.387. The number of hydrogen-bond donors (Lipinski definition) is 1. The highest BCUT2D eigenvalue weighted by molar-refractivity contribution is 6.02. The highest BCUT2D eigenvalue weighted by atomic mass is 19.1. The molecule has 0 spiro atoms. The molecule has 1 aromatic carbocycles. The van der Waals surface area contributed by atoms with Gasteiger partial charge in [-0.05, 0) is 19.1 Å². The molecule has 144 valence electrons. The zero-order valence-corrected chi connectivity index (χ0v) is 14.3. The van der Waals surface area contributed by atoms with Crippen molar-refractivity contribution in [1.29, 1.82) is 0 Å². The fourth-order valence-corrected chi connectivity index (χ4v) is 2.36. The Balaban J connectivity index is 1.87. The number of ether oxygens (including phenoxy) is 1. The van der Waals surface area contributed by atoms with E-state index in [2.05, 4.69) is 5.32 Å². The van der Waals surface area contributed by atoms with Crippen molar-refractivity contribution in [2.24, 2.45) is 0 Å². The molecule has 0 saturated carbocycles. The van der Waals surface area contributed by atoms with Crippen molar-refractivity contribution in [3.63, 3.8) is 0 Å². The number of likely N-dealkylation sites (tertiary alicyclic amines) is 1. The number of halogens is 1. The number of amides is 3. The molecule has 1 aliphatic rings. The van der Waals surface area contributed by atoms with Gasteiger partial charge in [0.2, 0.25) is 17.6 Å². The minimum Gasteiger partial charge on any atom is -0.452 e. The molecule has 11 heteroatoms. The lowest BCUT2D eigenvalue weighted by Gasteiger charge is -2.16. The largest absolute Gasteiger partial charge is 0.452 e. The van der Waals surface area contributed by atoms with Crippen molar-refractivity contribution < 1.29 is 33.2 Å². The van der Waals surface area contributed by atoms with Gasteiger partial charge in [0.1, 0.15) is 0 Å². The first-order valence-electron chi connectivity index (χ1n) is 7.96. The average molecular weight is 381 g/mol. The highest BCUT2D eigenvalue weighted by Crippen LogP contribution is 2.21. The molecule has 1 aromatic rings. The minimum absolute atomic E-state index is 0.0377. The van der Waals surface area contributed by atoms with Crippen LogP contribution in [0.3, 0.4) is 0 Å². The number of rotatable bonds is 7. The van der Waals surface area contributed by atoms with E-state index < -0.39 is 34.4 Å². The number of hydrogen-bond acceptors (Lipinski definition) is 7. The Morgan fingerprint density at radius 3 is 2.56 bits per heavy atom. The van der Waals surface area contributed by atoms with Crippen molar-refractivity contribution >= 4 is 35.1 Å². The third-order valence-electron chi connectivity index (χ3n) is 3.78. The molecule has 27 heavy (non-hydrogen) atoms. The van der Waals surface area contributed by atoms with Crippen LogP contribution in [-0.2, 0) is 23.9 Å². The lowest BCUT2D eigenvalue weighted by Crippen LogP contribution is -2.34. The maximum absolute atomic E-state index is 13.3. The number of carbonyl (C=O) groups is 4. The van der Waals surface area contributed by atoms with Gasteiger partial charge in [-0.15, -0.1) is 0 Å². The van der Waals surface area contributed by atoms with Gasteiger partial charge in [-0.1, -0.05) is 0 Å². The first kappa shape index (κ1) is 19.9. The number of benzene rings is 1. The molecule has 2 rings (SSSR count). The molecule has 1 aliphatic heterocycles. The standard InChI is InChI=1S/C16H16FN3O7/c1-9(27-15(23)6-7-19-13(21)4-5-14(19)22)16(24)18-10-2-3-11(17)12(8-10)20(25)26/h2-3,8-9H,4-7H2,1H3,(H,18,24). The van der Waals surface area contributed by atoms with Crippen LogP contribution in [0.15, 0.2) is 18.2 Å². The average Bonchev–Trinajstić information content (AvgIpc) is 2.92. The van der Waals surface area contributed by atoms with Crippen LogP contribution in [0.5, 0.6) is 0 Å². The zero-order valence-electron chi connectivity index (χ0n) is 14.3. The van der Waals surface area contributed by atoms with E-state index in [0.717, 1.165) is 23.1 Å². The number of nitro benzene ring substituents is 1. The fraction of sp³-hybridized carbons (Fsp3) is 0.375. The summed E-state index contributed by atoms with van der Waals surface area (Å²) in [6.07, 6.45) is -1.30. The summed E-state index contributed by atoms with van der Waals surface area (Å²) in [7, 11) is 0. The summed E-state index contributed by atoms with van der Waals surface area (Å²) in [4.78, 5) is 57.4. The van der Waals surface area contributed by atoms with E-state index in [1.807, 2.05) is 0 Å². The van der Waals surface area contributed by atoms with Gasteiger partial charge >= 0.3 is 11.7 Å². The van der Waals surface area contributed by atoms with Crippen LogP contribution in [0.2, 0.25) is 0 Å². The van der Waals surface area contributed by atoms with Crippen LogP contribution in [0.4, 0.5) is 15.8 Å². The van der Waals surface area contributed by atoms with E-state index in [1.165, 1.54) is 6.92 Å². The first-order valence-corrected chi connectivity index (χ1v) is 7.96.